The second-order valence-corrected chi connectivity index (χ2v) is 13.3. The van der Waals surface area contributed by atoms with Gasteiger partial charge in [0.25, 0.3) is 11.1 Å². The summed E-state index contributed by atoms with van der Waals surface area (Å²) < 4.78 is 26.5. The number of aromatic nitrogens is 5. The second kappa shape index (κ2) is 16.4. The first-order valence-electron chi connectivity index (χ1n) is 18.3. The molecule has 0 aliphatic heterocycles. The molecule has 3 heterocycles. The Bertz CT molecular complexity index is 2600. The largest absolute Gasteiger partial charge is 0.497 e. The molecule has 0 radical (unpaired) electrons. The summed E-state index contributed by atoms with van der Waals surface area (Å²) in [6.07, 6.45) is 3.03. The van der Waals surface area contributed by atoms with Gasteiger partial charge in [0, 0.05) is 13.1 Å². The molecule has 0 N–H and O–H groups in total. The van der Waals surface area contributed by atoms with Crippen LogP contribution in [0.4, 0.5) is 0 Å². The fraction of sp³-hybridized carbons (Fsp3) is 0.178. The van der Waals surface area contributed by atoms with E-state index in [2.05, 4.69) is 13.2 Å². The number of methoxy groups -OCH3 is 4. The molecule has 0 fully saturated rings. The van der Waals surface area contributed by atoms with E-state index in [1.807, 2.05) is 0 Å². The molecule has 4 aromatic carbocycles. The molecule has 0 spiro atoms. The van der Waals surface area contributed by atoms with Crippen LogP contribution >= 0.6 is 0 Å². The van der Waals surface area contributed by atoms with Gasteiger partial charge in [0.05, 0.1) is 51.3 Å². The van der Waals surface area contributed by atoms with Crippen molar-refractivity contribution in [2.24, 2.45) is 0 Å². The standard InChI is InChI=1S/C45H41N5O8/c1-7-25-47-40-36(42(51)49(44(47)53)38(28-9-17-32(55-3)18-10-28)29-11-19-33(56-4)20-12-29)27-37-41(46-40)48(26-8-2)45(54)50(43(37)52)39(30-13-21-34(57-5)22-14-30)31-15-23-35(58-6)24-16-31/h7-24,27,38-39H,1-2,25-26H2,3-6H3. The first kappa shape index (κ1) is 38.8. The molecule has 58 heavy (non-hydrogen) atoms. The average Bonchev–Trinajstić information content (AvgIpc) is 3.26. The minimum absolute atomic E-state index is 0.0149. The highest BCUT2D eigenvalue weighted by atomic mass is 16.5. The summed E-state index contributed by atoms with van der Waals surface area (Å²) in [6, 6.07) is 27.8. The lowest BCUT2D eigenvalue weighted by Crippen LogP contribution is -2.45. The van der Waals surface area contributed by atoms with E-state index in [-0.39, 0.29) is 35.2 Å². The number of benzene rings is 4. The molecule has 0 unspecified atom stereocenters. The molecule has 7 rings (SSSR count). The highest BCUT2D eigenvalue weighted by Gasteiger charge is 2.28. The fourth-order valence-electron chi connectivity index (χ4n) is 7.26. The lowest BCUT2D eigenvalue weighted by molar-refractivity contribution is 0.414. The quantitative estimate of drug-likeness (QED) is 0.100. The SMILES string of the molecule is C=CCn1c(=O)n(C(c2ccc(OC)cc2)c2ccc(OC)cc2)c(=O)c2cc3c(=O)n(C(c4ccc(OC)cc4)c4ccc(OC)cc4)c(=O)n(CC=C)c3nc21. The van der Waals surface area contributed by atoms with Crippen molar-refractivity contribution >= 4 is 22.1 Å². The van der Waals surface area contributed by atoms with Gasteiger partial charge in [0.1, 0.15) is 23.0 Å². The zero-order valence-electron chi connectivity index (χ0n) is 32.5. The van der Waals surface area contributed by atoms with E-state index < -0.39 is 34.6 Å². The van der Waals surface area contributed by atoms with Gasteiger partial charge in [0.2, 0.25) is 0 Å². The minimum Gasteiger partial charge on any atom is -0.497 e. The normalized spacial score (nSPS) is 11.3. The van der Waals surface area contributed by atoms with Gasteiger partial charge in [-0.1, -0.05) is 60.7 Å². The summed E-state index contributed by atoms with van der Waals surface area (Å²) in [4.78, 5) is 64.1. The third kappa shape index (κ3) is 6.87. The van der Waals surface area contributed by atoms with Crippen molar-refractivity contribution in [3.8, 4) is 23.0 Å². The van der Waals surface area contributed by atoms with Crippen LogP contribution in [-0.2, 0) is 13.1 Å². The van der Waals surface area contributed by atoms with Crippen molar-refractivity contribution < 1.29 is 18.9 Å². The number of fused-ring (bicyclic) bond motifs is 2. The monoisotopic (exact) mass is 779 g/mol. The van der Waals surface area contributed by atoms with Crippen LogP contribution in [0, 0.1) is 0 Å². The van der Waals surface area contributed by atoms with Crippen LogP contribution < -0.4 is 41.4 Å². The molecule has 13 nitrogen and oxygen atoms in total. The van der Waals surface area contributed by atoms with Gasteiger partial charge in [-0.25, -0.2) is 23.7 Å². The molecule has 0 bridgehead atoms. The lowest BCUT2D eigenvalue weighted by atomic mass is 9.97. The molecular weight excluding hydrogens is 739 g/mol. The van der Waals surface area contributed by atoms with Crippen molar-refractivity contribution in [3.63, 3.8) is 0 Å². The van der Waals surface area contributed by atoms with Crippen molar-refractivity contribution in [1.29, 1.82) is 0 Å². The molecular formula is C45H41N5O8. The van der Waals surface area contributed by atoms with E-state index in [0.717, 1.165) is 9.13 Å². The molecule has 0 amide bonds. The first-order valence-corrected chi connectivity index (χ1v) is 18.3. The molecule has 3 aromatic heterocycles. The Labute approximate surface area is 332 Å². The molecule has 13 heteroatoms. The van der Waals surface area contributed by atoms with Crippen LogP contribution in [0.2, 0.25) is 0 Å². The third-order valence-corrected chi connectivity index (χ3v) is 10.1. The van der Waals surface area contributed by atoms with Crippen LogP contribution in [0.15, 0.2) is 148 Å². The molecule has 0 saturated heterocycles. The van der Waals surface area contributed by atoms with Gasteiger partial charge >= 0.3 is 11.4 Å². The van der Waals surface area contributed by atoms with Gasteiger partial charge in [-0.05, 0) is 76.9 Å². The molecule has 0 aliphatic carbocycles. The van der Waals surface area contributed by atoms with Crippen molar-refractivity contribution in [2.45, 2.75) is 25.2 Å². The van der Waals surface area contributed by atoms with E-state index in [1.165, 1.54) is 27.4 Å². The smallest absolute Gasteiger partial charge is 0.333 e. The summed E-state index contributed by atoms with van der Waals surface area (Å²) in [5, 5.41) is -0.0299. The first-order chi connectivity index (χ1) is 28.2. The molecule has 0 aliphatic rings. The number of rotatable bonds is 14. The van der Waals surface area contributed by atoms with Gasteiger partial charge in [0.15, 0.2) is 11.3 Å². The van der Waals surface area contributed by atoms with Crippen molar-refractivity contribution in [3.05, 3.63) is 192 Å². The van der Waals surface area contributed by atoms with E-state index in [0.29, 0.717) is 45.3 Å². The molecule has 294 valence electrons. The maximum absolute atomic E-state index is 15.0. The zero-order valence-corrected chi connectivity index (χ0v) is 32.5. The van der Waals surface area contributed by atoms with Crippen molar-refractivity contribution in [1.82, 2.24) is 23.3 Å². The van der Waals surface area contributed by atoms with Gasteiger partial charge < -0.3 is 18.9 Å². The Morgan fingerprint density at radius 3 is 1.02 bits per heavy atom. The Kier molecular flexibility index (Phi) is 11.0. The summed E-state index contributed by atoms with van der Waals surface area (Å²) in [5.41, 5.74) is -0.297. The lowest BCUT2D eigenvalue weighted by Gasteiger charge is -2.24. The highest BCUT2D eigenvalue weighted by Crippen LogP contribution is 2.30. The molecule has 0 atom stereocenters. The Balaban J connectivity index is 1.58. The van der Waals surface area contributed by atoms with E-state index in [1.54, 1.807) is 126 Å². The third-order valence-electron chi connectivity index (χ3n) is 10.1. The Morgan fingerprint density at radius 1 is 0.500 bits per heavy atom. The maximum Gasteiger partial charge on any atom is 0.333 e. The maximum atomic E-state index is 15.0. The topological polar surface area (TPSA) is 138 Å². The van der Waals surface area contributed by atoms with Crippen LogP contribution in [0.5, 0.6) is 23.0 Å². The summed E-state index contributed by atoms with van der Waals surface area (Å²) >= 11 is 0. The van der Waals surface area contributed by atoms with E-state index in [4.69, 9.17) is 23.9 Å². The summed E-state index contributed by atoms with van der Waals surface area (Å²) in [7, 11) is 6.20. The Hall–Kier alpha value is -7.41. The molecule has 0 saturated carbocycles. The number of ether oxygens (including phenoxy) is 4. The zero-order chi connectivity index (χ0) is 41.1. The Morgan fingerprint density at radius 2 is 0.776 bits per heavy atom. The highest BCUT2D eigenvalue weighted by molar-refractivity contribution is 5.88. The number of allylic oxidation sites excluding steroid dienone is 2. The number of hydrogen-bond acceptors (Lipinski definition) is 9. The number of hydrogen-bond donors (Lipinski definition) is 0. The predicted molar refractivity (Wildman–Crippen MR) is 223 cm³/mol. The average molecular weight is 780 g/mol. The van der Waals surface area contributed by atoms with Crippen LogP contribution in [0.1, 0.15) is 34.3 Å². The van der Waals surface area contributed by atoms with E-state index in [9.17, 15) is 19.2 Å². The van der Waals surface area contributed by atoms with Crippen LogP contribution in [-0.4, -0.2) is 51.7 Å². The van der Waals surface area contributed by atoms with Crippen LogP contribution in [0.3, 0.4) is 0 Å². The molecule has 7 aromatic rings. The van der Waals surface area contributed by atoms with Crippen LogP contribution in [0.25, 0.3) is 22.1 Å². The summed E-state index contributed by atoms with van der Waals surface area (Å²) in [5.74, 6) is 2.36. The predicted octanol–water partition coefficient (Wildman–Crippen LogP) is 5.72. The fourth-order valence-corrected chi connectivity index (χ4v) is 7.26. The number of pyridine rings is 1. The minimum atomic E-state index is -0.922. The van der Waals surface area contributed by atoms with Gasteiger partial charge in [-0.3, -0.25) is 18.7 Å². The number of nitrogens with zero attached hydrogens (tertiary/aromatic N) is 5. The van der Waals surface area contributed by atoms with E-state index >= 15 is 0 Å². The second-order valence-electron chi connectivity index (χ2n) is 13.3. The van der Waals surface area contributed by atoms with Gasteiger partial charge in [-0.15, -0.1) is 13.2 Å². The van der Waals surface area contributed by atoms with Gasteiger partial charge in [-0.2, -0.15) is 0 Å². The summed E-state index contributed by atoms with van der Waals surface area (Å²) in [6.45, 7) is 7.65. The van der Waals surface area contributed by atoms with Crippen molar-refractivity contribution in [2.75, 3.05) is 28.4 Å².